The minimum atomic E-state index is -4.65. The molecule has 0 aliphatic carbocycles. The number of carboxylic acids is 1. The maximum Gasteiger partial charge on any atom is 0.397 e. The molecule has 0 aromatic heterocycles. The van der Waals surface area contributed by atoms with E-state index in [0.29, 0.717) is 0 Å². The second-order valence-electron chi connectivity index (χ2n) is 3.53. The molecule has 0 radical (unpaired) electrons. The third-order valence-corrected chi connectivity index (χ3v) is 2.17. The molecular formula is C8H10F3NO4. The summed E-state index contributed by atoms with van der Waals surface area (Å²) in [7, 11) is 0. The summed E-state index contributed by atoms with van der Waals surface area (Å²) in [6.07, 6.45) is -6.38. The van der Waals surface area contributed by atoms with Crippen LogP contribution in [0.2, 0.25) is 0 Å². The highest BCUT2D eigenvalue weighted by molar-refractivity contribution is 5.87. The summed E-state index contributed by atoms with van der Waals surface area (Å²) in [5.41, 5.74) is -1.72. The van der Waals surface area contributed by atoms with E-state index in [9.17, 15) is 22.8 Å². The second-order valence-corrected chi connectivity index (χ2v) is 3.53. The Kier molecular flexibility index (Phi) is 3.41. The van der Waals surface area contributed by atoms with E-state index < -0.39 is 30.0 Å². The van der Waals surface area contributed by atoms with E-state index in [1.165, 1.54) is 0 Å². The van der Waals surface area contributed by atoms with Gasteiger partial charge in [0.15, 0.2) is 5.54 Å². The molecule has 0 bridgehead atoms. The van der Waals surface area contributed by atoms with Crippen molar-refractivity contribution in [3.8, 4) is 0 Å². The number of hydrogen-bond donors (Lipinski definition) is 2. The number of hydrogen-bond acceptors (Lipinski definition) is 3. The van der Waals surface area contributed by atoms with Gasteiger partial charge in [0.05, 0.1) is 6.61 Å². The number of carboxylic acid groups (broad SMARTS) is 1. The highest BCUT2D eigenvalue weighted by Crippen LogP contribution is 2.22. The van der Waals surface area contributed by atoms with Crippen LogP contribution in [0.4, 0.5) is 13.2 Å². The average Bonchev–Trinajstić information content (AvgIpc) is 2.49. The van der Waals surface area contributed by atoms with Crippen LogP contribution in [-0.2, 0) is 14.3 Å². The third-order valence-electron chi connectivity index (χ3n) is 2.17. The van der Waals surface area contributed by atoms with Crippen LogP contribution < -0.4 is 5.32 Å². The van der Waals surface area contributed by atoms with Crippen molar-refractivity contribution < 1.29 is 32.6 Å². The molecule has 2 N–H and O–H groups in total. The Bertz CT molecular complexity index is 296. The van der Waals surface area contributed by atoms with Crippen LogP contribution in [-0.4, -0.2) is 41.9 Å². The summed E-state index contributed by atoms with van der Waals surface area (Å²) in [6, 6.07) is 0. The molecule has 0 aromatic carbocycles. The van der Waals surface area contributed by atoms with Crippen molar-refractivity contribution in [2.75, 3.05) is 13.2 Å². The molecule has 8 heteroatoms. The number of carbonyl (C=O) groups excluding carboxylic acids is 1. The molecule has 92 valence electrons. The summed E-state index contributed by atoms with van der Waals surface area (Å²) in [4.78, 5) is 21.8. The number of nitrogens with one attached hydrogen (secondary N) is 1. The monoisotopic (exact) mass is 241 g/mol. The van der Waals surface area contributed by atoms with E-state index in [0.717, 1.165) is 0 Å². The molecule has 0 unspecified atom stereocenters. The van der Waals surface area contributed by atoms with E-state index in [2.05, 4.69) is 0 Å². The number of rotatable bonds is 3. The van der Waals surface area contributed by atoms with Gasteiger partial charge in [-0.05, 0) is 0 Å². The molecule has 1 atom stereocenters. The Labute approximate surface area is 88.6 Å². The van der Waals surface area contributed by atoms with E-state index in [1.54, 1.807) is 0 Å². The summed E-state index contributed by atoms with van der Waals surface area (Å²) in [5, 5.41) is 10.7. The molecule has 1 fully saturated rings. The van der Waals surface area contributed by atoms with Gasteiger partial charge in [-0.3, -0.25) is 4.79 Å². The van der Waals surface area contributed by atoms with Crippen LogP contribution in [0.25, 0.3) is 0 Å². The Balaban J connectivity index is 2.63. The summed E-state index contributed by atoms with van der Waals surface area (Å²) >= 11 is 0. The van der Waals surface area contributed by atoms with Crippen molar-refractivity contribution >= 4 is 11.9 Å². The molecule has 1 amide bonds. The zero-order valence-electron chi connectivity index (χ0n) is 8.13. The van der Waals surface area contributed by atoms with Gasteiger partial charge < -0.3 is 15.2 Å². The van der Waals surface area contributed by atoms with Crippen LogP contribution in [0, 0.1) is 0 Å². The van der Waals surface area contributed by atoms with Gasteiger partial charge in [-0.2, -0.15) is 13.2 Å². The Morgan fingerprint density at radius 1 is 1.44 bits per heavy atom. The van der Waals surface area contributed by atoms with Gasteiger partial charge in [0.25, 0.3) is 0 Å². The lowest BCUT2D eigenvalue weighted by Gasteiger charge is -2.23. The van der Waals surface area contributed by atoms with E-state index in [1.807, 2.05) is 5.32 Å². The van der Waals surface area contributed by atoms with E-state index in [-0.39, 0.29) is 19.6 Å². The Morgan fingerprint density at radius 2 is 2.06 bits per heavy atom. The van der Waals surface area contributed by atoms with Crippen molar-refractivity contribution in [1.82, 2.24) is 5.32 Å². The minimum absolute atomic E-state index is 0.0358. The lowest BCUT2D eigenvalue weighted by atomic mass is 9.99. The maximum atomic E-state index is 11.9. The molecule has 1 rings (SSSR count). The zero-order valence-corrected chi connectivity index (χ0v) is 8.13. The fourth-order valence-electron chi connectivity index (χ4n) is 1.38. The number of alkyl halides is 3. The van der Waals surface area contributed by atoms with Crippen molar-refractivity contribution in [1.29, 1.82) is 0 Å². The summed E-state index contributed by atoms with van der Waals surface area (Å²) in [5.74, 6) is -2.75. The maximum absolute atomic E-state index is 11.9. The van der Waals surface area contributed by atoms with E-state index >= 15 is 0 Å². The molecule has 1 saturated heterocycles. The standard InChI is InChI=1S/C8H10F3NO4/c9-8(10,11)3-5(13)12-7(6(14)15)1-2-16-4-7/h1-4H2,(H,12,13)(H,14,15)/t7-/m0/s1. The smallest absolute Gasteiger partial charge is 0.397 e. The van der Waals surface area contributed by atoms with Gasteiger partial charge in [-0.1, -0.05) is 0 Å². The minimum Gasteiger partial charge on any atom is -0.479 e. The summed E-state index contributed by atoms with van der Waals surface area (Å²) in [6.45, 7) is -0.218. The predicted molar refractivity (Wildman–Crippen MR) is 44.6 cm³/mol. The van der Waals surface area contributed by atoms with Crippen molar-refractivity contribution in [2.24, 2.45) is 0 Å². The first-order valence-electron chi connectivity index (χ1n) is 4.44. The van der Waals surface area contributed by atoms with E-state index in [4.69, 9.17) is 9.84 Å². The fraction of sp³-hybridized carbons (Fsp3) is 0.750. The van der Waals surface area contributed by atoms with Crippen molar-refractivity contribution in [3.05, 3.63) is 0 Å². The van der Waals surface area contributed by atoms with Crippen LogP contribution in [0.5, 0.6) is 0 Å². The number of halogens is 3. The van der Waals surface area contributed by atoms with Gasteiger partial charge in [0.1, 0.15) is 6.42 Å². The first kappa shape index (κ1) is 12.8. The van der Waals surface area contributed by atoms with Crippen LogP contribution in [0.1, 0.15) is 12.8 Å². The molecule has 1 aliphatic rings. The normalized spacial score (nSPS) is 25.4. The molecule has 16 heavy (non-hydrogen) atoms. The number of carbonyl (C=O) groups is 2. The van der Waals surface area contributed by atoms with Crippen molar-refractivity contribution in [3.63, 3.8) is 0 Å². The highest BCUT2D eigenvalue weighted by Gasteiger charge is 2.45. The number of aliphatic carboxylic acids is 1. The van der Waals surface area contributed by atoms with Gasteiger partial charge >= 0.3 is 12.1 Å². The topological polar surface area (TPSA) is 75.6 Å². The van der Waals surface area contributed by atoms with Crippen LogP contribution >= 0.6 is 0 Å². The summed E-state index contributed by atoms with van der Waals surface area (Å²) < 4.78 is 40.4. The molecule has 0 spiro atoms. The average molecular weight is 241 g/mol. The van der Waals surface area contributed by atoms with Gasteiger partial charge in [0.2, 0.25) is 5.91 Å². The molecule has 5 nitrogen and oxygen atoms in total. The molecule has 0 saturated carbocycles. The molecular weight excluding hydrogens is 231 g/mol. The van der Waals surface area contributed by atoms with Gasteiger partial charge in [-0.15, -0.1) is 0 Å². The lowest BCUT2D eigenvalue weighted by molar-refractivity contribution is -0.159. The Morgan fingerprint density at radius 3 is 2.44 bits per heavy atom. The van der Waals surface area contributed by atoms with Gasteiger partial charge in [0, 0.05) is 13.0 Å². The Hall–Kier alpha value is -1.31. The lowest BCUT2D eigenvalue weighted by Crippen LogP contribution is -2.55. The fourth-order valence-corrected chi connectivity index (χ4v) is 1.38. The van der Waals surface area contributed by atoms with Gasteiger partial charge in [-0.25, -0.2) is 4.79 Å². The first-order valence-corrected chi connectivity index (χ1v) is 4.44. The molecule has 1 heterocycles. The second kappa shape index (κ2) is 4.28. The quantitative estimate of drug-likeness (QED) is 0.745. The third kappa shape index (κ3) is 3.09. The highest BCUT2D eigenvalue weighted by atomic mass is 19.4. The van der Waals surface area contributed by atoms with Crippen molar-refractivity contribution in [2.45, 2.75) is 24.6 Å². The van der Waals surface area contributed by atoms with Crippen LogP contribution in [0.3, 0.4) is 0 Å². The number of amides is 1. The SMILES string of the molecule is O=C(CC(F)(F)F)N[C@@]1(C(=O)O)CCOC1. The predicted octanol–water partition coefficient (Wildman–Crippen LogP) is 0.299. The largest absolute Gasteiger partial charge is 0.479 e. The molecule has 0 aromatic rings. The zero-order chi connectivity index (χ0) is 12.4. The van der Waals surface area contributed by atoms with Crippen LogP contribution in [0.15, 0.2) is 0 Å². The number of ether oxygens (including phenoxy) is 1. The first-order chi connectivity index (χ1) is 7.25. The molecule has 1 aliphatic heterocycles.